The van der Waals surface area contributed by atoms with E-state index in [2.05, 4.69) is 33.5 Å². The number of fused-ring (bicyclic) bond motifs is 2. The third-order valence-corrected chi connectivity index (χ3v) is 6.57. The Morgan fingerprint density at radius 2 is 2.04 bits per heavy atom. The molecule has 0 fully saturated rings. The van der Waals surface area contributed by atoms with Gasteiger partial charge in [0.05, 0.1) is 5.39 Å². The maximum absolute atomic E-state index is 11.2. The standard InChI is InChI=1S/C20H20N2OS2/c1-13(23)8-9-24-19-18-17(11-25-20(18)22-12-21-19)16-7-6-14-4-2-3-5-15(14)10-16/h6-7,10-12H,2-5,8-9H2,1H3. The second-order valence-electron chi connectivity index (χ2n) is 6.50. The number of Topliss-reactive ketones (excluding diaryl/α,β-unsaturated/α-hetero) is 1. The van der Waals surface area contributed by atoms with Crippen LogP contribution in [0.3, 0.4) is 0 Å². The van der Waals surface area contributed by atoms with Crippen molar-refractivity contribution >= 4 is 39.1 Å². The van der Waals surface area contributed by atoms with E-state index >= 15 is 0 Å². The molecule has 1 aliphatic carbocycles. The minimum absolute atomic E-state index is 0.220. The van der Waals surface area contributed by atoms with Gasteiger partial charge in [-0.15, -0.1) is 23.1 Å². The van der Waals surface area contributed by atoms with Crippen LogP contribution in [0, 0.1) is 0 Å². The van der Waals surface area contributed by atoms with Crippen molar-refractivity contribution < 1.29 is 4.79 Å². The highest BCUT2D eigenvalue weighted by atomic mass is 32.2. The van der Waals surface area contributed by atoms with Crippen molar-refractivity contribution in [1.82, 2.24) is 9.97 Å². The molecule has 3 aromatic rings. The Kier molecular flexibility index (Phi) is 4.86. The van der Waals surface area contributed by atoms with Gasteiger partial charge in [0, 0.05) is 23.1 Å². The molecule has 2 heterocycles. The second-order valence-corrected chi connectivity index (χ2v) is 8.44. The van der Waals surface area contributed by atoms with Gasteiger partial charge in [0.1, 0.15) is 22.0 Å². The maximum Gasteiger partial charge on any atom is 0.130 e. The largest absolute Gasteiger partial charge is 0.300 e. The first-order valence-corrected chi connectivity index (χ1v) is 10.6. The summed E-state index contributed by atoms with van der Waals surface area (Å²) in [7, 11) is 0. The number of hydrogen-bond acceptors (Lipinski definition) is 5. The van der Waals surface area contributed by atoms with Crippen LogP contribution >= 0.6 is 23.1 Å². The lowest BCUT2D eigenvalue weighted by atomic mass is 9.89. The van der Waals surface area contributed by atoms with Gasteiger partial charge in [-0.05, 0) is 49.3 Å². The molecule has 0 radical (unpaired) electrons. The third kappa shape index (κ3) is 3.48. The van der Waals surface area contributed by atoms with Crippen molar-refractivity contribution in [2.24, 2.45) is 0 Å². The summed E-state index contributed by atoms with van der Waals surface area (Å²) >= 11 is 3.32. The lowest BCUT2D eigenvalue weighted by Gasteiger charge is -2.16. The number of rotatable bonds is 5. The number of carbonyl (C=O) groups excluding carboxylic acids is 1. The molecule has 0 bridgehead atoms. The van der Waals surface area contributed by atoms with Crippen LogP contribution in [-0.2, 0) is 17.6 Å². The number of aromatic nitrogens is 2. The number of carbonyl (C=O) groups is 1. The van der Waals surface area contributed by atoms with Gasteiger partial charge < -0.3 is 0 Å². The number of ketones is 1. The molecule has 2 aromatic heterocycles. The molecule has 1 aliphatic rings. The predicted molar refractivity (Wildman–Crippen MR) is 106 cm³/mol. The molecule has 0 saturated heterocycles. The minimum Gasteiger partial charge on any atom is -0.300 e. The summed E-state index contributed by atoms with van der Waals surface area (Å²) in [5.74, 6) is 0.985. The van der Waals surface area contributed by atoms with E-state index < -0.39 is 0 Å². The van der Waals surface area contributed by atoms with Gasteiger partial charge in [-0.2, -0.15) is 0 Å². The van der Waals surface area contributed by atoms with E-state index in [-0.39, 0.29) is 5.78 Å². The molecule has 0 atom stereocenters. The van der Waals surface area contributed by atoms with Gasteiger partial charge in [-0.25, -0.2) is 9.97 Å². The predicted octanol–water partition coefficient (Wildman–Crippen LogP) is 5.31. The first-order valence-electron chi connectivity index (χ1n) is 8.69. The highest BCUT2D eigenvalue weighted by Crippen LogP contribution is 2.39. The van der Waals surface area contributed by atoms with Gasteiger partial charge in [0.15, 0.2) is 0 Å². The second kappa shape index (κ2) is 7.26. The molecule has 0 unspecified atom stereocenters. The van der Waals surface area contributed by atoms with E-state index in [0.717, 1.165) is 21.0 Å². The number of aryl methyl sites for hydroxylation is 2. The lowest BCUT2D eigenvalue weighted by Crippen LogP contribution is -2.02. The first-order chi connectivity index (χ1) is 12.2. The monoisotopic (exact) mass is 368 g/mol. The number of thiophene rings is 1. The smallest absolute Gasteiger partial charge is 0.130 e. The minimum atomic E-state index is 0.220. The highest BCUT2D eigenvalue weighted by molar-refractivity contribution is 7.99. The van der Waals surface area contributed by atoms with Crippen LogP contribution in [0.1, 0.15) is 37.3 Å². The molecule has 25 heavy (non-hydrogen) atoms. The zero-order chi connectivity index (χ0) is 17.2. The molecule has 0 amide bonds. The summed E-state index contributed by atoms with van der Waals surface area (Å²) in [4.78, 5) is 21.2. The average molecular weight is 369 g/mol. The molecule has 5 heteroatoms. The van der Waals surface area contributed by atoms with Gasteiger partial charge in [-0.1, -0.05) is 18.2 Å². The molecule has 3 nitrogen and oxygen atoms in total. The summed E-state index contributed by atoms with van der Waals surface area (Å²) in [6, 6.07) is 6.88. The van der Waals surface area contributed by atoms with E-state index in [0.29, 0.717) is 6.42 Å². The van der Waals surface area contributed by atoms with Crippen molar-refractivity contribution in [3.63, 3.8) is 0 Å². The van der Waals surface area contributed by atoms with Crippen LogP contribution in [-0.4, -0.2) is 21.5 Å². The Hall–Kier alpha value is -1.72. The molecule has 1 aromatic carbocycles. The van der Waals surface area contributed by atoms with Gasteiger partial charge >= 0.3 is 0 Å². The lowest BCUT2D eigenvalue weighted by molar-refractivity contribution is -0.116. The molecular weight excluding hydrogens is 348 g/mol. The maximum atomic E-state index is 11.2. The Balaban J connectivity index is 1.73. The van der Waals surface area contributed by atoms with E-state index in [1.165, 1.54) is 47.9 Å². The summed E-state index contributed by atoms with van der Waals surface area (Å²) in [6.07, 6.45) is 7.19. The number of hydrogen-bond donors (Lipinski definition) is 0. The summed E-state index contributed by atoms with van der Waals surface area (Å²) in [5.41, 5.74) is 5.47. The van der Waals surface area contributed by atoms with Gasteiger partial charge in [0.25, 0.3) is 0 Å². The summed E-state index contributed by atoms with van der Waals surface area (Å²) < 4.78 is 0. The number of nitrogens with zero attached hydrogens (tertiary/aromatic N) is 2. The van der Waals surface area contributed by atoms with Crippen LogP contribution in [0.25, 0.3) is 21.3 Å². The SMILES string of the molecule is CC(=O)CCSc1ncnc2scc(-c3ccc4c(c3)CCCC4)c12. The Labute approximate surface area is 155 Å². The quantitative estimate of drug-likeness (QED) is 0.452. The Morgan fingerprint density at radius 1 is 1.20 bits per heavy atom. The Bertz CT molecular complexity index is 933. The van der Waals surface area contributed by atoms with Crippen LogP contribution in [0.15, 0.2) is 34.9 Å². The molecule has 0 spiro atoms. The Morgan fingerprint density at radius 3 is 2.88 bits per heavy atom. The zero-order valence-electron chi connectivity index (χ0n) is 14.2. The van der Waals surface area contributed by atoms with Crippen LogP contribution < -0.4 is 0 Å². The number of benzene rings is 1. The molecular formula is C20H20N2OS2. The van der Waals surface area contributed by atoms with E-state index in [9.17, 15) is 4.79 Å². The van der Waals surface area contributed by atoms with E-state index in [1.54, 1.807) is 36.3 Å². The highest BCUT2D eigenvalue weighted by Gasteiger charge is 2.16. The van der Waals surface area contributed by atoms with Crippen molar-refractivity contribution in [2.45, 2.75) is 44.1 Å². The van der Waals surface area contributed by atoms with Crippen molar-refractivity contribution in [3.05, 3.63) is 41.0 Å². The first kappa shape index (κ1) is 16.7. The molecule has 0 saturated carbocycles. The van der Waals surface area contributed by atoms with Crippen LogP contribution in [0.5, 0.6) is 0 Å². The van der Waals surface area contributed by atoms with Crippen LogP contribution in [0.4, 0.5) is 0 Å². The van der Waals surface area contributed by atoms with Crippen molar-refractivity contribution in [2.75, 3.05) is 5.75 Å². The van der Waals surface area contributed by atoms with Crippen molar-refractivity contribution in [1.29, 1.82) is 0 Å². The van der Waals surface area contributed by atoms with Gasteiger partial charge in [0.2, 0.25) is 0 Å². The van der Waals surface area contributed by atoms with Crippen molar-refractivity contribution in [3.8, 4) is 11.1 Å². The average Bonchev–Trinajstić information content (AvgIpc) is 3.06. The molecule has 4 rings (SSSR count). The fourth-order valence-electron chi connectivity index (χ4n) is 3.36. The summed E-state index contributed by atoms with van der Waals surface area (Å²) in [6.45, 7) is 1.64. The third-order valence-electron chi connectivity index (χ3n) is 4.69. The zero-order valence-corrected chi connectivity index (χ0v) is 15.9. The summed E-state index contributed by atoms with van der Waals surface area (Å²) in [5, 5.41) is 4.32. The molecule has 128 valence electrons. The van der Waals surface area contributed by atoms with E-state index in [4.69, 9.17) is 0 Å². The molecule has 0 N–H and O–H groups in total. The molecule has 0 aliphatic heterocycles. The van der Waals surface area contributed by atoms with Crippen LogP contribution in [0.2, 0.25) is 0 Å². The van der Waals surface area contributed by atoms with Gasteiger partial charge in [-0.3, -0.25) is 4.79 Å². The normalized spacial score (nSPS) is 13.8. The fraction of sp³-hybridized carbons (Fsp3) is 0.350. The topological polar surface area (TPSA) is 42.9 Å². The van der Waals surface area contributed by atoms with E-state index in [1.807, 2.05) is 0 Å². The number of thioether (sulfide) groups is 1. The fourth-order valence-corrected chi connectivity index (χ4v) is 5.40.